The minimum absolute atomic E-state index is 0.0932. The van der Waals surface area contributed by atoms with Gasteiger partial charge in [-0.15, -0.1) is 0 Å². The van der Waals surface area contributed by atoms with E-state index in [0.29, 0.717) is 25.3 Å². The zero-order valence-corrected chi connectivity index (χ0v) is 16.7. The molecule has 4 heteroatoms. The summed E-state index contributed by atoms with van der Waals surface area (Å²) in [6.45, 7) is 1.69. The van der Waals surface area contributed by atoms with E-state index in [9.17, 15) is 4.79 Å². The quantitative estimate of drug-likeness (QED) is 0.399. The van der Waals surface area contributed by atoms with Crippen LogP contribution in [-0.2, 0) is 6.61 Å². The Kier molecular flexibility index (Phi) is 6.25. The predicted octanol–water partition coefficient (Wildman–Crippen LogP) is 5.26. The molecule has 0 heterocycles. The maximum atomic E-state index is 12.4. The van der Waals surface area contributed by atoms with Gasteiger partial charge in [0.25, 0.3) is 5.91 Å². The van der Waals surface area contributed by atoms with E-state index in [1.54, 1.807) is 12.1 Å². The lowest BCUT2D eigenvalue weighted by molar-refractivity contribution is 0.0955. The molecule has 0 radical (unpaired) electrons. The average Bonchev–Trinajstić information content (AvgIpc) is 2.81. The third kappa shape index (κ3) is 4.97. The molecule has 0 aromatic heterocycles. The molecule has 1 amide bonds. The normalized spacial score (nSPS) is 10.5. The largest absolute Gasteiger partial charge is 0.489 e. The number of hydrogen-bond acceptors (Lipinski definition) is 3. The fourth-order valence-electron chi connectivity index (χ4n) is 3.30. The van der Waals surface area contributed by atoms with E-state index < -0.39 is 0 Å². The molecular formula is C26H24N2O2. The molecule has 0 atom stereocenters. The number of hydrogen-bond donors (Lipinski definition) is 2. The summed E-state index contributed by atoms with van der Waals surface area (Å²) in [6, 6.07) is 31.7. The second-order valence-corrected chi connectivity index (χ2v) is 7.01. The van der Waals surface area contributed by atoms with Gasteiger partial charge in [0, 0.05) is 29.7 Å². The molecule has 30 heavy (non-hydrogen) atoms. The van der Waals surface area contributed by atoms with Gasteiger partial charge in [-0.05, 0) is 41.3 Å². The molecule has 150 valence electrons. The van der Waals surface area contributed by atoms with E-state index in [-0.39, 0.29) is 5.91 Å². The van der Waals surface area contributed by atoms with Crippen LogP contribution in [0, 0.1) is 0 Å². The number of carbonyl (C=O) groups excluding carboxylic acids is 1. The van der Waals surface area contributed by atoms with Crippen LogP contribution in [0.15, 0.2) is 97.1 Å². The molecule has 4 aromatic rings. The lowest BCUT2D eigenvalue weighted by atomic mass is 10.1. The highest BCUT2D eigenvalue weighted by Crippen LogP contribution is 2.22. The first-order valence-corrected chi connectivity index (χ1v) is 10.1. The minimum atomic E-state index is -0.0932. The fraction of sp³-hybridized carbons (Fsp3) is 0.115. The highest BCUT2D eigenvalue weighted by molar-refractivity contribution is 5.95. The molecular weight excluding hydrogens is 372 g/mol. The lowest BCUT2D eigenvalue weighted by Crippen LogP contribution is -2.28. The Balaban J connectivity index is 1.25. The molecule has 4 nitrogen and oxygen atoms in total. The van der Waals surface area contributed by atoms with Crippen LogP contribution in [0.2, 0.25) is 0 Å². The van der Waals surface area contributed by atoms with Crippen molar-refractivity contribution in [2.75, 3.05) is 18.4 Å². The zero-order valence-electron chi connectivity index (χ0n) is 16.7. The van der Waals surface area contributed by atoms with Crippen LogP contribution in [0.1, 0.15) is 15.9 Å². The molecule has 0 aliphatic carbocycles. The van der Waals surface area contributed by atoms with E-state index in [0.717, 1.165) is 17.0 Å². The van der Waals surface area contributed by atoms with E-state index in [1.807, 2.05) is 60.7 Å². The third-order valence-corrected chi connectivity index (χ3v) is 4.88. The Bertz CT molecular complexity index is 1100. The standard InChI is InChI=1S/C26H24N2O2/c29-26(22-13-15-23(16-14-22)30-19-20-7-2-1-3-8-20)28-18-17-27-25-12-6-10-21-9-4-5-11-24(21)25/h1-16,27H,17-19H2,(H,28,29). The molecule has 0 saturated heterocycles. The van der Waals surface area contributed by atoms with Gasteiger partial charge >= 0.3 is 0 Å². The van der Waals surface area contributed by atoms with E-state index in [2.05, 4.69) is 34.9 Å². The van der Waals surface area contributed by atoms with Crippen LogP contribution >= 0.6 is 0 Å². The number of benzene rings is 4. The minimum Gasteiger partial charge on any atom is -0.489 e. The maximum Gasteiger partial charge on any atom is 0.251 e. The van der Waals surface area contributed by atoms with Crippen molar-refractivity contribution in [3.8, 4) is 5.75 Å². The van der Waals surface area contributed by atoms with Crippen molar-refractivity contribution in [1.29, 1.82) is 0 Å². The van der Waals surface area contributed by atoms with Crippen molar-refractivity contribution in [2.24, 2.45) is 0 Å². The summed E-state index contributed by atoms with van der Waals surface area (Å²) in [7, 11) is 0. The smallest absolute Gasteiger partial charge is 0.251 e. The lowest BCUT2D eigenvalue weighted by Gasteiger charge is -2.11. The summed E-state index contributed by atoms with van der Waals surface area (Å²) < 4.78 is 5.77. The van der Waals surface area contributed by atoms with Crippen molar-refractivity contribution in [3.63, 3.8) is 0 Å². The van der Waals surface area contributed by atoms with Gasteiger partial charge in [-0.1, -0.05) is 66.7 Å². The first-order valence-electron chi connectivity index (χ1n) is 10.1. The number of ether oxygens (including phenoxy) is 1. The van der Waals surface area contributed by atoms with Gasteiger partial charge in [0.1, 0.15) is 12.4 Å². The molecule has 4 rings (SSSR count). The summed E-state index contributed by atoms with van der Waals surface area (Å²) in [5.74, 6) is 0.650. The SMILES string of the molecule is O=C(NCCNc1cccc2ccccc12)c1ccc(OCc2ccccc2)cc1. The highest BCUT2D eigenvalue weighted by Gasteiger charge is 2.06. The number of nitrogens with one attached hydrogen (secondary N) is 2. The van der Waals surface area contributed by atoms with Crippen molar-refractivity contribution < 1.29 is 9.53 Å². The van der Waals surface area contributed by atoms with Crippen molar-refractivity contribution in [1.82, 2.24) is 5.32 Å². The van der Waals surface area contributed by atoms with Gasteiger partial charge in [-0.3, -0.25) is 4.79 Å². The van der Waals surface area contributed by atoms with Gasteiger partial charge < -0.3 is 15.4 Å². The monoisotopic (exact) mass is 396 g/mol. The Hall–Kier alpha value is -3.79. The van der Waals surface area contributed by atoms with Crippen LogP contribution in [0.25, 0.3) is 10.8 Å². The number of carbonyl (C=O) groups is 1. The van der Waals surface area contributed by atoms with Gasteiger partial charge in [0.05, 0.1) is 0 Å². The van der Waals surface area contributed by atoms with Crippen LogP contribution < -0.4 is 15.4 Å². The van der Waals surface area contributed by atoms with E-state index >= 15 is 0 Å². The molecule has 0 aliphatic heterocycles. The van der Waals surface area contributed by atoms with Crippen LogP contribution in [0.4, 0.5) is 5.69 Å². The fourth-order valence-corrected chi connectivity index (χ4v) is 3.30. The number of anilines is 1. The summed E-state index contributed by atoms with van der Waals surface area (Å²) in [5.41, 5.74) is 2.80. The second-order valence-electron chi connectivity index (χ2n) is 7.01. The predicted molar refractivity (Wildman–Crippen MR) is 122 cm³/mol. The summed E-state index contributed by atoms with van der Waals surface area (Å²) in [6.07, 6.45) is 0. The third-order valence-electron chi connectivity index (χ3n) is 4.88. The molecule has 0 saturated carbocycles. The number of rotatable bonds is 8. The Labute approximate surface area is 176 Å². The summed E-state index contributed by atoms with van der Waals surface area (Å²) >= 11 is 0. The maximum absolute atomic E-state index is 12.4. The van der Waals surface area contributed by atoms with Crippen LogP contribution in [0.3, 0.4) is 0 Å². The van der Waals surface area contributed by atoms with E-state index in [4.69, 9.17) is 4.74 Å². The zero-order chi connectivity index (χ0) is 20.6. The molecule has 2 N–H and O–H groups in total. The molecule has 4 aromatic carbocycles. The summed E-state index contributed by atoms with van der Waals surface area (Å²) in [4.78, 5) is 12.4. The number of amides is 1. The van der Waals surface area contributed by atoms with Gasteiger partial charge in [-0.2, -0.15) is 0 Å². The number of fused-ring (bicyclic) bond motifs is 1. The summed E-state index contributed by atoms with van der Waals surface area (Å²) in [5, 5.41) is 8.73. The highest BCUT2D eigenvalue weighted by atomic mass is 16.5. The molecule has 0 fully saturated rings. The average molecular weight is 396 g/mol. The Morgan fingerprint density at radius 3 is 2.30 bits per heavy atom. The molecule has 0 unspecified atom stereocenters. The van der Waals surface area contributed by atoms with Crippen molar-refractivity contribution in [2.45, 2.75) is 6.61 Å². The molecule has 0 aliphatic rings. The topological polar surface area (TPSA) is 50.4 Å². The Morgan fingerprint density at radius 1 is 0.733 bits per heavy atom. The van der Waals surface area contributed by atoms with Crippen molar-refractivity contribution in [3.05, 3.63) is 108 Å². The Morgan fingerprint density at radius 2 is 1.47 bits per heavy atom. The molecule has 0 bridgehead atoms. The van der Waals surface area contributed by atoms with Crippen LogP contribution in [0.5, 0.6) is 5.75 Å². The van der Waals surface area contributed by atoms with Gasteiger partial charge in [-0.25, -0.2) is 0 Å². The first kappa shape index (κ1) is 19.5. The van der Waals surface area contributed by atoms with Crippen molar-refractivity contribution >= 4 is 22.4 Å². The van der Waals surface area contributed by atoms with E-state index in [1.165, 1.54) is 10.8 Å². The van der Waals surface area contributed by atoms with Crippen LogP contribution in [-0.4, -0.2) is 19.0 Å². The van der Waals surface area contributed by atoms with Gasteiger partial charge in [0.2, 0.25) is 0 Å². The first-order chi connectivity index (χ1) is 14.8. The van der Waals surface area contributed by atoms with Gasteiger partial charge in [0.15, 0.2) is 0 Å². The second kappa shape index (κ2) is 9.61. The molecule has 0 spiro atoms.